The van der Waals surface area contributed by atoms with Crippen LogP contribution in [-0.2, 0) is 14.1 Å². The first-order valence-electron chi connectivity index (χ1n) is 2.45. The van der Waals surface area contributed by atoms with Gasteiger partial charge in [-0.25, -0.2) is 9.48 Å². The molecule has 0 aromatic carbocycles. The molecular weight excluding hydrogens is 138 g/mol. The lowest BCUT2D eigenvalue weighted by Crippen LogP contribution is -2.17. The summed E-state index contributed by atoms with van der Waals surface area (Å²) < 4.78 is 3.42. The number of hydrogen-bond acceptors (Lipinski definition) is 2. The van der Waals surface area contributed by atoms with E-state index in [0.29, 0.717) is 4.77 Å². The molecule has 0 atom stereocenters. The minimum atomic E-state index is -0.178. The van der Waals surface area contributed by atoms with Gasteiger partial charge in [0, 0.05) is 14.1 Å². The van der Waals surface area contributed by atoms with Gasteiger partial charge in [0.25, 0.3) is 0 Å². The second-order valence-electron chi connectivity index (χ2n) is 1.78. The van der Waals surface area contributed by atoms with Gasteiger partial charge in [-0.05, 0) is 12.2 Å². The molecule has 0 spiro atoms. The van der Waals surface area contributed by atoms with Gasteiger partial charge in [0.1, 0.15) is 0 Å². The van der Waals surface area contributed by atoms with Crippen LogP contribution in [0.4, 0.5) is 0 Å². The molecule has 1 aromatic heterocycles. The Bertz CT molecular complexity index is 287. The molecule has 0 bridgehead atoms. The van der Waals surface area contributed by atoms with Crippen molar-refractivity contribution in [2.45, 2.75) is 0 Å². The Morgan fingerprint density at radius 3 is 2.11 bits per heavy atom. The zero-order valence-corrected chi connectivity index (χ0v) is 6.03. The fourth-order valence-corrected chi connectivity index (χ4v) is 0.736. The minimum absolute atomic E-state index is 0.178. The molecular formula is C4H7N3OS. The molecule has 0 aliphatic carbocycles. The first-order chi connectivity index (χ1) is 4.13. The summed E-state index contributed by atoms with van der Waals surface area (Å²) in [6, 6.07) is 0. The second kappa shape index (κ2) is 1.84. The van der Waals surface area contributed by atoms with Crippen molar-refractivity contribution in [3.63, 3.8) is 0 Å². The molecule has 4 nitrogen and oxygen atoms in total. The van der Waals surface area contributed by atoms with Crippen LogP contribution in [-0.4, -0.2) is 14.3 Å². The van der Waals surface area contributed by atoms with Gasteiger partial charge in [-0.15, -0.1) is 0 Å². The maximum absolute atomic E-state index is 10.7. The molecule has 1 heterocycles. The second-order valence-corrected chi connectivity index (χ2v) is 2.17. The Morgan fingerprint density at radius 1 is 1.44 bits per heavy atom. The molecule has 1 N–H and O–H groups in total. The molecule has 0 saturated heterocycles. The summed E-state index contributed by atoms with van der Waals surface area (Å²) in [5, 5.41) is 0. The minimum Gasteiger partial charge on any atom is -0.282 e. The van der Waals surface area contributed by atoms with Crippen molar-refractivity contribution < 1.29 is 0 Å². The molecule has 1 rings (SSSR count). The molecule has 9 heavy (non-hydrogen) atoms. The Labute approximate surface area is 56.7 Å². The highest BCUT2D eigenvalue weighted by Gasteiger charge is 1.93. The Hall–Kier alpha value is -0.840. The molecule has 0 fully saturated rings. The van der Waals surface area contributed by atoms with E-state index in [-0.39, 0.29) is 5.69 Å². The van der Waals surface area contributed by atoms with Crippen molar-refractivity contribution in [2.75, 3.05) is 0 Å². The molecule has 5 heteroatoms. The Kier molecular flexibility index (Phi) is 1.28. The predicted octanol–water partition coefficient (Wildman–Crippen LogP) is -0.219. The van der Waals surface area contributed by atoms with E-state index in [1.807, 2.05) is 0 Å². The molecule has 0 aliphatic rings. The number of aromatic nitrogens is 3. The lowest BCUT2D eigenvalue weighted by atomic mass is 11.2. The van der Waals surface area contributed by atoms with Crippen molar-refractivity contribution in [3.05, 3.63) is 15.3 Å². The fraction of sp³-hybridized carbons (Fsp3) is 0.500. The Morgan fingerprint density at radius 2 is 2.00 bits per heavy atom. The van der Waals surface area contributed by atoms with Gasteiger partial charge in [-0.3, -0.25) is 9.67 Å². The van der Waals surface area contributed by atoms with Crippen molar-refractivity contribution >= 4 is 12.2 Å². The first-order valence-corrected chi connectivity index (χ1v) is 2.86. The van der Waals surface area contributed by atoms with Gasteiger partial charge in [0.15, 0.2) is 4.77 Å². The fourth-order valence-electron chi connectivity index (χ4n) is 0.526. The zero-order valence-electron chi connectivity index (χ0n) is 5.21. The van der Waals surface area contributed by atoms with Crippen LogP contribution in [0.5, 0.6) is 0 Å². The summed E-state index contributed by atoms with van der Waals surface area (Å²) >= 11 is 4.75. The smallest absolute Gasteiger partial charge is 0.282 e. The average Bonchev–Trinajstić information content (AvgIpc) is 1.98. The highest BCUT2D eigenvalue weighted by Crippen LogP contribution is 1.76. The third kappa shape index (κ3) is 0.829. The normalized spacial score (nSPS) is 10.0. The molecule has 0 aliphatic heterocycles. The van der Waals surface area contributed by atoms with Crippen molar-refractivity contribution in [1.82, 2.24) is 14.3 Å². The van der Waals surface area contributed by atoms with Gasteiger partial charge >= 0.3 is 5.69 Å². The van der Waals surface area contributed by atoms with E-state index in [0.717, 1.165) is 0 Å². The van der Waals surface area contributed by atoms with Crippen LogP contribution < -0.4 is 5.69 Å². The summed E-state index contributed by atoms with van der Waals surface area (Å²) in [6.07, 6.45) is 0. The summed E-state index contributed by atoms with van der Waals surface area (Å²) in [7, 11) is 3.37. The van der Waals surface area contributed by atoms with Crippen molar-refractivity contribution in [2.24, 2.45) is 14.1 Å². The zero-order chi connectivity index (χ0) is 7.02. The third-order valence-electron chi connectivity index (χ3n) is 1.25. The van der Waals surface area contributed by atoms with Crippen molar-refractivity contribution in [1.29, 1.82) is 0 Å². The summed E-state index contributed by atoms with van der Waals surface area (Å²) in [6.45, 7) is 0. The van der Waals surface area contributed by atoms with Crippen LogP contribution in [0.2, 0.25) is 0 Å². The van der Waals surface area contributed by atoms with Gasteiger partial charge in [-0.2, -0.15) is 0 Å². The number of nitrogens with one attached hydrogen (secondary N) is 1. The van der Waals surface area contributed by atoms with E-state index in [2.05, 4.69) is 4.98 Å². The number of hydrogen-bond donors (Lipinski definition) is 1. The van der Waals surface area contributed by atoms with Crippen LogP contribution in [0.25, 0.3) is 0 Å². The number of H-pyrrole nitrogens is 1. The van der Waals surface area contributed by atoms with Crippen LogP contribution in [0.1, 0.15) is 0 Å². The monoisotopic (exact) mass is 145 g/mol. The van der Waals surface area contributed by atoms with E-state index in [9.17, 15) is 4.79 Å². The lowest BCUT2D eigenvalue weighted by molar-refractivity contribution is 0.573. The number of aromatic amines is 1. The summed E-state index contributed by atoms with van der Waals surface area (Å²) in [4.78, 5) is 13.1. The van der Waals surface area contributed by atoms with Crippen LogP contribution in [0.15, 0.2) is 4.79 Å². The Balaban J connectivity index is 3.67. The molecule has 0 saturated carbocycles. The van der Waals surface area contributed by atoms with Gasteiger partial charge in [-0.1, -0.05) is 0 Å². The molecule has 1 aromatic rings. The highest BCUT2D eigenvalue weighted by atomic mass is 32.1. The quantitative estimate of drug-likeness (QED) is 0.513. The predicted molar refractivity (Wildman–Crippen MR) is 35.8 cm³/mol. The molecule has 0 amide bonds. The number of nitrogens with zero attached hydrogens (tertiary/aromatic N) is 2. The maximum Gasteiger partial charge on any atom is 0.342 e. The van der Waals surface area contributed by atoms with Gasteiger partial charge in [0.2, 0.25) is 0 Å². The van der Waals surface area contributed by atoms with Gasteiger partial charge in [0.05, 0.1) is 0 Å². The van der Waals surface area contributed by atoms with E-state index in [1.54, 1.807) is 18.8 Å². The van der Waals surface area contributed by atoms with Crippen LogP contribution >= 0.6 is 12.2 Å². The largest absolute Gasteiger partial charge is 0.342 e. The van der Waals surface area contributed by atoms with Crippen molar-refractivity contribution in [3.8, 4) is 0 Å². The SMILES string of the molecule is Cn1c(=O)[nH]c(=S)n1C. The molecule has 0 unspecified atom stereocenters. The highest BCUT2D eigenvalue weighted by molar-refractivity contribution is 7.71. The molecule has 0 radical (unpaired) electrons. The lowest BCUT2D eigenvalue weighted by Gasteiger charge is -1.92. The summed E-state index contributed by atoms with van der Waals surface area (Å²) in [5.41, 5.74) is -0.178. The van der Waals surface area contributed by atoms with E-state index in [1.165, 1.54) is 4.68 Å². The standard InChI is InChI=1S/C4H7N3OS/c1-6-3(8)5-4(9)7(6)2/h1-2H3,(H,5,8,9). The average molecular weight is 145 g/mol. The maximum atomic E-state index is 10.7. The van der Waals surface area contributed by atoms with Crippen LogP contribution in [0, 0.1) is 4.77 Å². The summed E-state index contributed by atoms with van der Waals surface area (Å²) in [5.74, 6) is 0. The van der Waals surface area contributed by atoms with Crippen LogP contribution in [0.3, 0.4) is 0 Å². The third-order valence-corrected chi connectivity index (χ3v) is 1.62. The van der Waals surface area contributed by atoms with E-state index in [4.69, 9.17) is 12.2 Å². The van der Waals surface area contributed by atoms with Gasteiger partial charge < -0.3 is 0 Å². The molecule has 50 valence electrons. The van der Waals surface area contributed by atoms with E-state index < -0.39 is 0 Å². The topological polar surface area (TPSA) is 42.7 Å². The van der Waals surface area contributed by atoms with E-state index >= 15 is 0 Å². The number of rotatable bonds is 0. The first kappa shape index (κ1) is 6.28.